The molecule has 1 aromatic heterocycles. The number of nitrogens with one attached hydrogen (secondary N) is 1. The standard InChI is InChI=1S/C28H30FN3O3/c29-24-16-31-9-8-25(24)32-28(34)21-6-7-22(15-30)23(14-21)19-3-1-2-17(10-19)13-27(33)35-26-12-18-4-5-20(26)11-18/h1-3,6-10,14,16,18,20,26-27,33H,4-5,11-13,15,30H2,(H,31,32,34). The Morgan fingerprint density at radius 2 is 2.09 bits per heavy atom. The molecule has 0 radical (unpaired) electrons. The molecule has 2 aromatic carbocycles. The number of fused-ring (bicyclic) bond motifs is 2. The van der Waals surface area contributed by atoms with E-state index >= 15 is 0 Å². The van der Waals surface area contributed by atoms with Crippen LogP contribution in [0.2, 0.25) is 0 Å². The number of amides is 1. The molecule has 3 aromatic rings. The van der Waals surface area contributed by atoms with Crippen LogP contribution in [0.15, 0.2) is 60.9 Å². The fourth-order valence-electron chi connectivity index (χ4n) is 5.51. The van der Waals surface area contributed by atoms with Crippen LogP contribution in [0.4, 0.5) is 10.1 Å². The molecule has 0 saturated heterocycles. The first-order valence-electron chi connectivity index (χ1n) is 12.2. The molecule has 4 N–H and O–H groups in total. The highest BCUT2D eigenvalue weighted by atomic mass is 19.1. The van der Waals surface area contributed by atoms with E-state index in [1.165, 1.54) is 31.5 Å². The number of hydrogen-bond acceptors (Lipinski definition) is 5. The zero-order valence-corrected chi connectivity index (χ0v) is 19.5. The number of nitrogens with two attached hydrogens (primary N) is 1. The molecule has 1 amide bonds. The van der Waals surface area contributed by atoms with E-state index in [1.807, 2.05) is 30.3 Å². The second kappa shape index (κ2) is 10.2. The zero-order chi connectivity index (χ0) is 24.4. The van der Waals surface area contributed by atoms with Gasteiger partial charge in [-0.25, -0.2) is 4.39 Å². The van der Waals surface area contributed by atoms with Crippen LogP contribution in [0.25, 0.3) is 11.1 Å². The summed E-state index contributed by atoms with van der Waals surface area (Å²) in [6.45, 7) is 0.302. The first-order valence-corrected chi connectivity index (χ1v) is 12.2. The fourth-order valence-corrected chi connectivity index (χ4v) is 5.51. The van der Waals surface area contributed by atoms with Crippen LogP contribution < -0.4 is 11.1 Å². The van der Waals surface area contributed by atoms with E-state index in [1.54, 1.807) is 12.1 Å². The summed E-state index contributed by atoms with van der Waals surface area (Å²) in [4.78, 5) is 16.5. The first kappa shape index (κ1) is 23.6. The number of carbonyl (C=O) groups is 1. The summed E-state index contributed by atoms with van der Waals surface area (Å²) in [5, 5.41) is 13.2. The highest BCUT2D eigenvalue weighted by Gasteiger charge is 2.41. The third-order valence-corrected chi connectivity index (χ3v) is 7.27. The Morgan fingerprint density at radius 1 is 1.20 bits per heavy atom. The van der Waals surface area contributed by atoms with E-state index in [0.29, 0.717) is 24.4 Å². The van der Waals surface area contributed by atoms with Crippen LogP contribution >= 0.6 is 0 Å². The van der Waals surface area contributed by atoms with Crippen molar-refractivity contribution in [2.75, 3.05) is 5.32 Å². The maximum atomic E-state index is 13.9. The highest BCUT2D eigenvalue weighted by Crippen LogP contribution is 2.46. The van der Waals surface area contributed by atoms with E-state index in [9.17, 15) is 14.3 Å². The number of anilines is 1. The molecule has 2 fully saturated rings. The van der Waals surface area contributed by atoms with Crippen molar-refractivity contribution < 1.29 is 19.0 Å². The number of aliphatic hydroxyl groups is 1. The molecule has 0 aliphatic heterocycles. The first-order chi connectivity index (χ1) is 17.0. The maximum Gasteiger partial charge on any atom is 0.255 e. The van der Waals surface area contributed by atoms with Crippen LogP contribution in [-0.4, -0.2) is 28.4 Å². The lowest BCUT2D eigenvalue weighted by Crippen LogP contribution is -2.28. The molecule has 35 heavy (non-hydrogen) atoms. The Morgan fingerprint density at radius 3 is 2.83 bits per heavy atom. The maximum absolute atomic E-state index is 13.9. The molecule has 2 aliphatic carbocycles. The van der Waals surface area contributed by atoms with Crippen molar-refractivity contribution in [3.63, 3.8) is 0 Å². The zero-order valence-electron chi connectivity index (χ0n) is 19.5. The number of hydrogen-bond donors (Lipinski definition) is 3. The Bertz CT molecular complexity index is 1220. The van der Waals surface area contributed by atoms with Crippen LogP contribution in [0.1, 0.15) is 47.2 Å². The summed E-state index contributed by atoms with van der Waals surface area (Å²) in [6.07, 6.45) is 6.96. The predicted octanol–water partition coefficient (Wildman–Crippen LogP) is 4.66. The number of pyridine rings is 1. The molecule has 5 rings (SSSR count). The van der Waals surface area contributed by atoms with E-state index in [-0.39, 0.29) is 11.8 Å². The Balaban J connectivity index is 1.32. The van der Waals surface area contributed by atoms with Crippen molar-refractivity contribution >= 4 is 11.6 Å². The van der Waals surface area contributed by atoms with Gasteiger partial charge in [0.15, 0.2) is 12.1 Å². The minimum atomic E-state index is -0.851. The smallest absolute Gasteiger partial charge is 0.255 e. The molecule has 2 saturated carbocycles. The van der Waals surface area contributed by atoms with Gasteiger partial charge < -0.3 is 20.9 Å². The van der Waals surface area contributed by atoms with Gasteiger partial charge in [-0.05, 0) is 78.0 Å². The molecule has 1 heterocycles. The van der Waals surface area contributed by atoms with Gasteiger partial charge in [0, 0.05) is 24.7 Å². The number of nitrogens with zero attached hydrogens (tertiary/aromatic N) is 1. The van der Waals surface area contributed by atoms with Crippen LogP contribution in [0.3, 0.4) is 0 Å². The van der Waals surface area contributed by atoms with Gasteiger partial charge in [-0.3, -0.25) is 9.78 Å². The Labute approximate surface area is 204 Å². The van der Waals surface area contributed by atoms with E-state index < -0.39 is 18.0 Å². The lowest BCUT2D eigenvalue weighted by Gasteiger charge is -2.25. The molecule has 6 nitrogen and oxygen atoms in total. The minimum absolute atomic E-state index is 0.0703. The van der Waals surface area contributed by atoms with Crippen molar-refractivity contribution in [3.05, 3.63) is 83.4 Å². The molecule has 7 heteroatoms. The number of ether oxygens (including phenoxy) is 1. The highest BCUT2D eigenvalue weighted by molar-refractivity contribution is 6.05. The van der Waals surface area contributed by atoms with Gasteiger partial charge in [0.2, 0.25) is 0 Å². The van der Waals surface area contributed by atoms with E-state index in [0.717, 1.165) is 40.8 Å². The topological polar surface area (TPSA) is 97.5 Å². The van der Waals surface area contributed by atoms with Crippen LogP contribution in [0.5, 0.6) is 0 Å². The van der Waals surface area contributed by atoms with Crippen molar-refractivity contribution in [3.8, 4) is 11.1 Å². The van der Waals surface area contributed by atoms with E-state index in [4.69, 9.17) is 10.5 Å². The predicted molar refractivity (Wildman–Crippen MR) is 132 cm³/mol. The van der Waals surface area contributed by atoms with Crippen molar-refractivity contribution in [2.24, 2.45) is 17.6 Å². The van der Waals surface area contributed by atoms with Gasteiger partial charge in [-0.1, -0.05) is 30.3 Å². The summed E-state index contributed by atoms with van der Waals surface area (Å²) in [6, 6.07) is 14.5. The largest absolute Gasteiger partial charge is 0.368 e. The fraction of sp³-hybridized carbons (Fsp3) is 0.357. The molecule has 2 aliphatic rings. The second-order valence-corrected chi connectivity index (χ2v) is 9.59. The van der Waals surface area contributed by atoms with Gasteiger partial charge in [0.05, 0.1) is 18.0 Å². The number of rotatable bonds is 8. The Kier molecular flexibility index (Phi) is 6.90. The lowest BCUT2D eigenvalue weighted by molar-refractivity contribution is -0.147. The SMILES string of the molecule is NCc1ccc(C(=O)Nc2ccncc2F)cc1-c1cccc(CC(O)OC2CC3CCC2C3)c1. The molecular formula is C28H30FN3O3. The molecule has 182 valence electrons. The summed E-state index contributed by atoms with van der Waals surface area (Å²) in [7, 11) is 0. The minimum Gasteiger partial charge on any atom is -0.368 e. The number of aromatic nitrogens is 1. The number of aliphatic hydroxyl groups excluding tert-OH is 1. The van der Waals surface area contributed by atoms with Crippen molar-refractivity contribution in [1.82, 2.24) is 4.98 Å². The second-order valence-electron chi connectivity index (χ2n) is 9.59. The molecule has 2 bridgehead atoms. The van der Waals surface area contributed by atoms with Crippen molar-refractivity contribution in [2.45, 2.75) is 51.0 Å². The normalized spacial score (nSPS) is 21.7. The molecule has 4 atom stereocenters. The molecular weight excluding hydrogens is 445 g/mol. The summed E-state index contributed by atoms with van der Waals surface area (Å²) in [5.41, 5.74) is 9.97. The van der Waals surface area contributed by atoms with Crippen LogP contribution in [0, 0.1) is 17.7 Å². The lowest BCUT2D eigenvalue weighted by atomic mass is 9.95. The van der Waals surface area contributed by atoms with Crippen LogP contribution in [-0.2, 0) is 17.7 Å². The van der Waals surface area contributed by atoms with Gasteiger partial charge >= 0.3 is 0 Å². The quantitative estimate of drug-likeness (QED) is 0.412. The average molecular weight is 476 g/mol. The number of halogens is 1. The summed E-state index contributed by atoms with van der Waals surface area (Å²) >= 11 is 0. The third kappa shape index (κ3) is 5.27. The van der Waals surface area contributed by atoms with Gasteiger partial charge in [-0.15, -0.1) is 0 Å². The van der Waals surface area contributed by atoms with Gasteiger partial charge in [0.25, 0.3) is 5.91 Å². The summed E-state index contributed by atoms with van der Waals surface area (Å²) < 4.78 is 19.9. The molecule has 0 spiro atoms. The van der Waals surface area contributed by atoms with Gasteiger partial charge in [-0.2, -0.15) is 0 Å². The number of carbonyl (C=O) groups excluding carboxylic acids is 1. The summed E-state index contributed by atoms with van der Waals surface area (Å²) in [5.74, 6) is 0.321. The Hall–Kier alpha value is -3.13. The molecule has 4 unspecified atom stereocenters. The monoisotopic (exact) mass is 475 g/mol. The van der Waals surface area contributed by atoms with E-state index in [2.05, 4.69) is 10.3 Å². The number of benzene rings is 2. The third-order valence-electron chi connectivity index (χ3n) is 7.27. The average Bonchev–Trinajstić information content (AvgIpc) is 3.48. The van der Waals surface area contributed by atoms with Crippen molar-refractivity contribution in [1.29, 1.82) is 0 Å². The van der Waals surface area contributed by atoms with Gasteiger partial charge in [0.1, 0.15) is 0 Å².